The van der Waals surface area contributed by atoms with E-state index in [1.807, 2.05) is 35.9 Å². The lowest BCUT2D eigenvalue weighted by molar-refractivity contribution is -0.139. The highest BCUT2D eigenvalue weighted by Gasteiger charge is 2.20. The van der Waals surface area contributed by atoms with Crippen LogP contribution in [-0.2, 0) is 24.4 Å². The van der Waals surface area contributed by atoms with Crippen molar-refractivity contribution < 1.29 is 19.7 Å². The Morgan fingerprint density at radius 2 is 2.15 bits per heavy atom. The van der Waals surface area contributed by atoms with E-state index in [1.165, 1.54) is 0 Å². The van der Waals surface area contributed by atoms with Gasteiger partial charge in [-0.05, 0) is 25.0 Å². The summed E-state index contributed by atoms with van der Waals surface area (Å²) in [5.74, 6) is -0.379. The lowest BCUT2D eigenvalue weighted by atomic mass is 10.1. The Hall–Kier alpha value is -2.38. The second-order valence-electron chi connectivity index (χ2n) is 6.56. The summed E-state index contributed by atoms with van der Waals surface area (Å²) in [5, 5.41) is 23.4. The fourth-order valence-corrected chi connectivity index (χ4v) is 3.21. The third-order valence-electron chi connectivity index (χ3n) is 4.56. The molecule has 1 aliphatic rings. The van der Waals surface area contributed by atoms with Crippen molar-refractivity contribution in [1.29, 1.82) is 0 Å². The number of carboxylic acid groups (broad SMARTS) is 1. The molecule has 7 heteroatoms. The van der Waals surface area contributed by atoms with E-state index in [-0.39, 0.29) is 6.61 Å². The van der Waals surface area contributed by atoms with Crippen LogP contribution in [0.3, 0.4) is 0 Å². The van der Waals surface area contributed by atoms with Crippen molar-refractivity contribution in [3.8, 4) is 5.75 Å². The molecule has 140 valence electrons. The minimum Gasteiger partial charge on any atom is -0.482 e. The predicted octanol–water partition coefficient (Wildman–Crippen LogP) is 2.20. The molecule has 2 heterocycles. The highest BCUT2D eigenvalue weighted by molar-refractivity contribution is 5.68. The number of aliphatic hydroxyl groups excluding tert-OH is 1. The molecule has 0 aliphatic carbocycles. The van der Waals surface area contributed by atoms with Gasteiger partial charge in [0.15, 0.2) is 6.61 Å². The number of ether oxygens (including phenoxy) is 1. The van der Waals surface area contributed by atoms with E-state index in [9.17, 15) is 9.90 Å². The number of aryl methyl sites for hydroxylation is 1. The van der Waals surface area contributed by atoms with E-state index in [0.717, 1.165) is 43.0 Å². The molecule has 1 aromatic heterocycles. The molecule has 0 unspecified atom stereocenters. The van der Waals surface area contributed by atoms with Crippen molar-refractivity contribution in [3.05, 3.63) is 47.3 Å². The molecule has 1 aliphatic heterocycles. The molecule has 2 aromatic rings. The van der Waals surface area contributed by atoms with E-state index >= 15 is 0 Å². The van der Waals surface area contributed by atoms with Crippen LogP contribution >= 0.6 is 0 Å². The van der Waals surface area contributed by atoms with Crippen LogP contribution in [0.2, 0.25) is 0 Å². The zero-order chi connectivity index (χ0) is 18.5. The Labute approximate surface area is 152 Å². The van der Waals surface area contributed by atoms with Crippen molar-refractivity contribution in [2.75, 3.05) is 13.2 Å². The van der Waals surface area contributed by atoms with E-state index in [1.54, 1.807) is 6.07 Å². The Bertz CT molecular complexity index is 759. The molecule has 0 radical (unpaired) electrons. The molecular weight excluding hydrogens is 334 g/mol. The number of aromatic nitrogens is 2. The third kappa shape index (κ3) is 4.42. The summed E-state index contributed by atoms with van der Waals surface area (Å²) < 4.78 is 7.40. The number of nitrogens with zero attached hydrogens (tertiary/aromatic N) is 3. The number of rotatable bonds is 7. The van der Waals surface area contributed by atoms with Crippen LogP contribution in [0.5, 0.6) is 5.75 Å². The van der Waals surface area contributed by atoms with Crippen LogP contribution in [0.25, 0.3) is 0 Å². The van der Waals surface area contributed by atoms with Gasteiger partial charge >= 0.3 is 5.97 Å². The Morgan fingerprint density at radius 3 is 2.92 bits per heavy atom. The number of para-hydroxylation sites is 1. The summed E-state index contributed by atoms with van der Waals surface area (Å²) in [6.45, 7) is 4.75. The van der Waals surface area contributed by atoms with Crippen LogP contribution in [0.1, 0.15) is 42.8 Å². The van der Waals surface area contributed by atoms with Crippen molar-refractivity contribution in [2.24, 2.45) is 0 Å². The number of hydrogen-bond donors (Lipinski definition) is 2. The molecule has 7 nitrogen and oxygen atoms in total. The Balaban J connectivity index is 1.73. The lowest BCUT2D eigenvalue weighted by Crippen LogP contribution is -2.23. The number of aliphatic carboxylic acids is 1. The molecule has 2 N–H and O–H groups in total. The summed E-state index contributed by atoms with van der Waals surface area (Å²) in [6.07, 6.45) is 1.09. The van der Waals surface area contributed by atoms with E-state index in [4.69, 9.17) is 9.84 Å². The van der Waals surface area contributed by atoms with Crippen molar-refractivity contribution in [3.63, 3.8) is 0 Å². The molecular formula is C19H25N3O4. The van der Waals surface area contributed by atoms with Gasteiger partial charge in [-0.15, -0.1) is 0 Å². The minimum atomic E-state index is -0.986. The average molecular weight is 359 g/mol. The number of hydrogen-bond acceptors (Lipinski definition) is 5. The molecule has 0 spiro atoms. The van der Waals surface area contributed by atoms with Crippen molar-refractivity contribution >= 4 is 5.97 Å². The molecule has 26 heavy (non-hydrogen) atoms. The van der Waals surface area contributed by atoms with Gasteiger partial charge < -0.3 is 14.9 Å². The Kier molecular flexibility index (Phi) is 5.90. The summed E-state index contributed by atoms with van der Waals surface area (Å²) in [7, 11) is 0. The van der Waals surface area contributed by atoms with E-state index in [0.29, 0.717) is 18.7 Å². The second kappa shape index (κ2) is 8.33. The maximum atomic E-state index is 10.8. The molecule has 0 fully saturated rings. The fourth-order valence-electron chi connectivity index (χ4n) is 3.21. The highest BCUT2D eigenvalue weighted by Crippen LogP contribution is 2.24. The largest absolute Gasteiger partial charge is 0.482 e. The van der Waals surface area contributed by atoms with Gasteiger partial charge in [0.25, 0.3) is 0 Å². The zero-order valence-electron chi connectivity index (χ0n) is 15.0. The van der Waals surface area contributed by atoms with Crippen LogP contribution < -0.4 is 4.74 Å². The molecule has 0 bridgehead atoms. The molecule has 1 aromatic carbocycles. The maximum absolute atomic E-state index is 10.8. The van der Waals surface area contributed by atoms with Gasteiger partial charge in [0.05, 0.1) is 17.5 Å². The van der Waals surface area contributed by atoms with E-state index < -0.39 is 12.1 Å². The number of fused-ring (bicyclic) bond motifs is 1. The van der Waals surface area contributed by atoms with Gasteiger partial charge in [-0.3, -0.25) is 9.58 Å². The monoisotopic (exact) mass is 359 g/mol. The maximum Gasteiger partial charge on any atom is 0.341 e. The normalized spacial score (nSPS) is 15.9. The highest BCUT2D eigenvalue weighted by atomic mass is 16.5. The third-order valence-corrected chi connectivity index (χ3v) is 4.56. The lowest BCUT2D eigenvalue weighted by Gasteiger charge is -2.21. The number of carbonyl (C=O) groups is 1. The van der Waals surface area contributed by atoms with Crippen LogP contribution in [0.15, 0.2) is 30.3 Å². The van der Waals surface area contributed by atoms with E-state index in [2.05, 4.69) is 10.00 Å². The van der Waals surface area contributed by atoms with Gasteiger partial charge in [0.1, 0.15) is 5.75 Å². The summed E-state index contributed by atoms with van der Waals surface area (Å²) in [4.78, 5) is 13.1. The first-order valence-corrected chi connectivity index (χ1v) is 8.96. The smallest absolute Gasteiger partial charge is 0.341 e. The minimum absolute atomic E-state index is 0.345. The summed E-state index contributed by atoms with van der Waals surface area (Å²) in [6, 6.07) is 9.53. The van der Waals surface area contributed by atoms with Gasteiger partial charge in [-0.1, -0.05) is 25.1 Å². The molecule has 0 amide bonds. The van der Waals surface area contributed by atoms with Crippen molar-refractivity contribution in [1.82, 2.24) is 14.7 Å². The molecule has 1 atom stereocenters. The van der Waals surface area contributed by atoms with Crippen LogP contribution in [0, 0.1) is 0 Å². The van der Waals surface area contributed by atoms with Crippen LogP contribution in [-0.4, -0.2) is 44.0 Å². The second-order valence-corrected chi connectivity index (χ2v) is 6.56. The van der Waals surface area contributed by atoms with Gasteiger partial charge in [-0.25, -0.2) is 4.79 Å². The standard InChI is InChI=1S/C19H25N3O4/c1-2-17(23)16-10-15-12-21(8-5-9-22(15)20-16)11-14-6-3-4-7-18(14)26-13-19(24)25/h3-4,6-7,10,17,23H,2,5,8-9,11-13H2,1H3,(H,24,25)/t17-/m1/s1. The summed E-state index contributed by atoms with van der Waals surface area (Å²) in [5.41, 5.74) is 2.79. The zero-order valence-corrected chi connectivity index (χ0v) is 15.0. The first-order chi connectivity index (χ1) is 12.6. The first-order valence-electron chi connectivity index (χ1n) is 8.96. The average Bonchev–Trinajstić information content (AvgIpc) is 2.93. The molecule has 0 saturated heterocycles. The first kappa shape index (κ1) is 18.4. The van der Waals surface area contributed by atoms with Gasteiger partial charge in [0.2, 0.25) is 0 Å². The number of carboxylic acids is 1. The van der Waals surface area contributed by atoms with Crippen LogP contribution in [0.4, 0.5) is 0 Å². The fraction of sp³-hybridized carbons (Fsp3) is 0.474. The number of benzene rings is 1. The SMILES string of the molecule is CC[C@@H](O)c1cc2n(n1)CCCN(Cc1ccccc1OCC(=O)O)C2. The van der Waals surface area contributed by atoms with Gasteiger partial charge in [0, 0.05) is 31.7 Å². The molecule has 0 saturated carbocycles. The van der Waals surface area contributed by atoms with Crippen molar-refractivity contribution in [2.45, 2.75) is 45.5 Å². The summed E-state index contributed by atoms with van der Waals surface area (Å²) >= 11 is 0. The predicted molar refractivity (Wildman–Crippen MR) is 95.8 cm³/mol. The topological polar surface area (TPSA) is 87.8 Å². The number of aliphatic hydroxyl groups is 1. The quantitative estimate of drug-likeness (QED) is 0.788. The molecule has 3 rings (SSSR count). The Morgan fingerprint density at radius 1 is 1.35 bits per heavy atom. The van der Waals surface area contributed by atoms with Gasteiger partial charge in [-0.2, -0.15) is 5.10 Å².